The molecule has 1 amide bonds. The van der Waals surface area contributed by atoms with Crippen molar-refractivity contribution >= 4 is 17.5 Å². The Morgan fingerprint density at radius 3 is 3.00 bits per heavy atom. The lowest BCUT2D eigenvalue weighted by Crippen LogP contribution is -2.44. The van der Waals surface area contributed by atoms with E-state index in [4.69, 9.17) is 16.3 Å². The second kappa shape index (κ2) is 5.75. The highest BCUT2D eigenvalue weighted by atomic mass is 35.5. The summed E-state index contributed by atoms with van der Waals surface area (Å²) in [6, 6.07) is 4.21. The summed E-state index contributed by atoms with van der Waals surface area (Å²) in [6.07, 6.45) is -0.329. The molecule has 0 bridgehead atoms. The van der Waals surface area contributed by atoms with Gasteiger partial charge in [0.25, 0.3) is 0 Å². The van der Waals surface area contributed by atoms with Crippen molar-refractivity contribution < 1.29 is 23.0 Å². The smallest absolute Gasteiger partial charge is 0.387 e. The summed E-state index contributed by atoms with van der Waals surface area (Å²) in [4.78, 5) is 13.9. The highest BCUT2D eigenvalue weighted by Crippen LogP contribution is 2.33. The molecule has 1 N–H and O–H groups in total. The molecule has 2 aliphatic rings. The molecule has 2 heterocycles. The van der Waals surface area contributed by atoms with Crippen molar-refractivity contribution in [3.8, 4) is 5.75 Å². The van der Waals surface area contributed by atoms with Gasteiger partial charge in [-0.3, -0.25) is 9.69 Å². The zero-order valence-electron chi connectivity index (χ0n) is 10.9. The second-order valence-electron chi connectivity index (χ2n) is 4.81. The first kappa shape index (κ1) is 14.5. The number of halogens is 3. The van der Waals surface area contributed by atoms with Crippen molar-refractivity contribution in [2.75, 3.05) is 19.8 Å². The number of morpholine rings is 1. The number of alkyl halides is 2. The molecule has 2 aliphatic heterocycles. The number of ether oxygens (including phenoxy) is 2. The van der Waals surface area contributed by atoms with E-state index >= 15 is 0 Å². The summed E-state index contributed by atoms with van der Waals surface area (Å²) < 4.78 is 34.0. The van der Waals surface area contributed by atoms with Crippen LogP contribution in [0.25, 0.3) is 0 Å². The molecule has 21 heavy (non-hydrogen) atoms. The zero-order chi connectivity index (χ0) is 15.0. The number of nitrogens with one attached hydrogen (secondary N) is 1. The average Bonchev–Trinajstić information content (AvgIpc) is 2.79. The SMILES string of the molecule is O=C1N[C@H](c2ccc(OC(F)F)c(Cl)c2)N2CCOC[C@@H]12. The topological polar surface area (TPSA) is 50.8 Å². The molecule has 5 nitrogen and oxygen atoms in total. The molecule has 0 spiro atoms. The van der Waals surface area contributed by atoms with E-state index < -0.39 is 6.61 Å². The van der Waals surface area contributed by atoms with Gasteiger partial charge in [-0.05, 0) is 17.7 Å². The minimum atomic E-state index is -2.93. The predicted octanol–water partition coefficient (Wildman–Crippen LogP) is 1.77. The number of hydrogen-bond donors (Lipinski definition) is 1. The summed E-state index contributed by atoms with van der Waals surface area (Å²) in [5.74, 6) is -0.193. The number of carbonyl (C=O) groups is 1. The Bertz CT molecular complexity index is 558. The second-order valence-corrected chi connectivity index (χ2v) is 5.22. The normalized spacial score (nSPS) is 25.8. The van der Waals surface area contributed by atoms with E-state index in [1.165, 1.54) is 12.1 Å². The van der Waals surface area contributed by atoms with E-state index in [1.807, 2.05) is 4.90 Å². The van der Waals surface area contributed by atoms with Crippen LogP contribution in [0.2, 0.25) is 5.02 Å². The third-order valence-electron chi connectivity index (χ3n) is 3.57. The minimum absolute atomic E-state index is 0.0822. The molecule has 1 aromatic carbocycles. The maximum atomic E-state index is 12.2. The van der Waals surface area contributed by atoms with Crippen LogP contribution in [0.1, 0.15) is 11.7 Å². The first-order valence-corrected chi connectivity index (χ1v) is 6.82. The number of hydrogen-bond acceptors (Lipinski definition) is 4. The van der Waals surface area contributed by atoms with Crippen molar-refractivity contribution in [2.24, 2.45) is 0 Å². The maximum Gasteiger partial charge on any atom is 0.387 e. The number of benzene rings is 1. The number of amides is 1. The van der Waals surface area contributed by atoms with Gasteiger partial charge in [-0.25, -0.2) is 0 Å². The predicted molar refractivity (Wildman–Crippen MR) is 70.3 cm³/mol. The van der Waals surface area contributed by atoms with Gasteiger partial charge in [0, 0.05) is 6.54 Å². The molecule has 3 rings (SSSR count). The highest BCUT2D eigenvalue weighted by Gasteiger charge is 2.42. The van der Waals surface area contributed by atoms with E-state index in [-0.39, 0.29) is 28.9 Å². The van der Waals surface area contributed by atoms with Crippen LogP contribution in [0, 0.1) is 0 Å². The Morgan fingerprint density at radius 2 is 2.29 bits per heavy atom. The summed E-state index contributed by atoms with van der Waals surface area (Å²) in [5.41, 5.74) is 0.722. The summed E-state index contributed by atoms with van der Waals surface area (Å²) >= 11 is 5.95. The van der Waals surface area contributed by atoms with E-state index in [0.29, 0.717) is 19.8 Å². The molecule has 2 fully saturated rings. The lowest BCUT2D eigenvalue weighted by molar-refractivity contribution is -0.125. The van der Waals surface area contributed by atoms with Crippen LogP contribution in [0.3, 0.4) is 0 Å². The standard InChI is InChI=1S/C13H13ClF2N2O3/c14-8-5-7(1-2-10(8)21-13(15)16)11-17-12(19)9-6-20-4-3-18(9)11/h1-2,5,9,11,13H,3-4,6H2,(H,17,19)/t9-,11-/m0/s1. The molecule has 8 heteroatoms. The van der Waals surface area contributed by atoms with Gasteiger partial charge in [-0.1, -0.05) is 17.7 Å². The van der Waals surface area contributed by atoms with Gasteiger partial charge in [0.2, 0.25) is 5.91 Å². The van der Waals surface area contributed by atoms with Gasteiger partial charge in [0.05, 0.1) is 18.2 Å². The van der Waals surface area contributed by atoms with Crippen LogP contribution in [0.4, 0.5) is 8.78 Å². The van der Waals surface area contributed by atoms with Crippen LogP contribution in [-0.2, 0) is 9.53 Å². The third kappa shape index (κ3) is 2.81. The molecule has 0 aliphatic carbocycles. The van der Waals surface area contributed by atoms with Crippen LogP contribution in [-0.4, -0.2) is 43.2 Å². The van der Waals surface area contributed by atoms with E-state index in [1.54, 1.807) is 6.07 Å². The lowest BCUT2D eigenvalue weighted by atomic mass is 10.1. The van der Waals surface area contributed by atoms with E-state index in [9.17, 15) is 13.6 Å². The Hall–Kier alpha value is -1.44. The Kier molecular flexibility index (Phi) is 3.97. The fourth-order valence-electron chi connectivity index (χ4n) is 2.62. The van der Waals surface area contributed by atoms with Gasteiger partial charge in [0.15, 0.2) is 0 Å². The molecule has 0 aromatic heterocycles. The quantitative estimate of drug-likeness (QED) is 0.923. The van der Waals surface area contributed by atoms with Crippen LogP contribution in [0.15, 0.2) is 18.2 Å². The van der Waals surface area contributed by atoms with Gasteiger partial charge < -0.3 is 14.8 Å². The molecule has 0 unspecified atom stereocenters. The monoisotopic (exact) mass is 318 g/mol. The van der Waals surface area contributed by atoms with Crippen molar-refractivity contribution in [1.82, 2.24) is 10.2 Å². The Balaban J connectivity index is 1.83. The molecule has 2 saturated heterocycles. The molecule has 114 valence electrons. The lowest BCUT2D eigenvalue weighted by Gasteiger charge is -2.31. The van der Waals surface area contributed by atoms with E-state index in [0.717, 1.165) is 5.56 Å². The summed E-state index contributed by atoms with van der Waals surface area (Å²) in [5, 5.41) is 2.94. The fraction of sp³-hybridized carbons (Fsp3) is 0.462. The minimum Gasteiger partial charge on any atom is -0.433 e. The van der Waals surface area contributed by atoms with Crippen molar-refractivity contribution in [2.45, 2.75) is 18.8 Å². The largest absolute Gasteiger partial charge is 0.433 e. The van der Waals surface area contributed by atoms with Crippen LogP contribution in [0.5, 0.6) is 5.75 Å². The van der Waals surface area contributed by atoms with Gasteiger partial charge in [-0.2, -0.15) is 8.78 Å². The maximum absolute atomic E-state index is 12.2. The zero-order valence-corrected chi connectivity index (χ0v) is 11.6. The highest BCUT2D eigenvalue weighted by molar-refractivity contribution is 6.32. The fourth-order valence-corrected chi connectivity index (χ4v) is 2.85. The molecule has 0 saturated carbocycles. The number of nitrogens with zero attached hydrogens (tertiary/aromatic N) is 1. The van der Waals surface area contributed by atoms with Crippen molar-refractivity contribution in [3.05, 3.63) is 28.8 Å². The van der Waals surface area contributed by atoms with Crippen molar-refractivity contribution in [3.63, 3.8) is 0 Å². The van der Waals surface area contributed by atoms with Gasteiger partial charge in [-0.15, -0.1) is 0 Å². The molecular weight excluding hydrogens is 306 g/mol. The number of rotatable bonds is 3. The van der Waals surface area contributed by atoms with E-state index in [2.05, 4.69) is 10.1 Å². The first-order valence-electron chi connectivity index (χ1n) is 6.44. The molecule has 0 radical (unpaired) electrons. The van der Waals surface area contributed by atoms with Crippen LogP contribution >= 0.6 is 11.6 Å². The molecule has 2 atom stereocenters. The Morgan fingerprint density at radius 1 is 1.48 bits per heavy atom. The summed E-state index contributed by atoms with van der Waals surface area (Å²) in [6.45, 7) is -1.42. The average molecular weight is 319 g/mol. The van der Waals surface area contributed by atoms with Gasteiger partial charge in [0.1, 0.15) is 18.0 Å². The first-order chi connectivity index (χ1) is 10.1. The van der Waals surface area contributed by atoms with Crippen molar-refractivity contribution in [1.29, 1.82) is 0 Å². The number of fused-ring (bicyclic) bond motifs is 1. The van der Waals surface area contributed by atoms with Crippen LogP contribution < -0.4 is 10.1 Å². The number of carbonyl (C=O) groups excluding carboxylic acids is 1. The Labute approximate surface area is 124 Å². The molecular formula is C13H13ClF2N2O3. The van der Waals surface area contributed by atoms with Gasteiger partial charge >= 0.3 is 6.61 Å². The third-order valence-corrected chi connectivity index (χ3v) is 3.87. The molecule has 1 aromatic rings. The summed E-state index contributed by atoms with van der Waals surface area (Å²) in [7, 11) is 0.